The molecule has 0 N–H and O–H groups in total. The molecule has 4 fully saturated rings. The first kappa shape index (κ1) is 67.4. The number of hydrogen-bond acceptors (Lipinski definition) is 6. The van der Waals surface area contributed by atoms with Gasteiger partial charge in [0.2, 0.25) is 5.91 Å². The number of ether oxygens (including phenoxy) is 3. The maximum Gasteiger partial charge on any atom is 0.306 e. The number of rotatable bonds is 44. The number of esters is 1. The summed E-state index contributed by atoms with van der Waals surface area (Å²) in [7, 11) is 0. The molecule has 9 unspecified atom stereocenters. The molecule has 3 saturated carbocycles. The molecule has 1 heterocycles. The van der Waals surface area contributed by atoms with Crippen LogP contribution in [0.3, 0.4) is 0 Å². The smallest absolute Gasteiger partial charge is 0.306 e. The number of carbonyl (C=O) groups is 2. The molecule has 9 atom stereocenters. The standard InChI is InChI=1S/C71H130N2O5/c1-9-12-14-16-18-20-22-24-34-55-76-69(77-56-35-25-23-21-19-17-15-13-10-2)39-30-29-37-67(74)73(54-36-52-72-50-31-27-32-51-72)53-33-26-28-38-68(75)78-62-46-48-70(7)61(57-62)42-43-63-65-45-44-64(71(65,8)49-47-66(63)70)59(6)40-41-60(11-3)58(4)5/h42,58-60,62-66,69H,9-41,43-57H2,1-8H3. The van der Waals surface area contributed by atoms with Gasteiger partial charge in [0.15, 0.2) is 6.29 Å². The number of unbranched alkanes of at least 4 members (excludes halogenated alkanes) is 19. The number of amides is 1. The predicted octanol–water partition coefficient (Wildman–Crippen LogP) is 19.8. The second kappa shape index (κ2) is 38.4. The van der Waals surface area contributed by atoms with Gasteiger partial charge in [-0.3, -0.25) is 9.59 Å². The summed E-state index contributed by atoms with van der Waals surface area (Å²) in [6.07, 6.45) is 51.8. The molecule has 78 heavy (non-hydrogen) atoms. The van der Waals surface area contributed by atoms with Gasteiger partial charge in [0, 0.05) is 45.6 Å². The van der Waals surface area contributed by atoms with Gasteiger partial charge in [0.25, 0.3) is 0 Å². The fourth-order valence-electron chi connectivity index (χ4n) is 16.6. The highest BCUT2D eigenvalue weighted by Crippen LogP contribution is 2.67. The fraction of sp³-hybridized carbons (Fsp3) is 0.944. The normalized spacial score (nSPS) is 26.1. The summed E-state index contributed by atoms with van der Waals surface area (Å²) in [5, 5.41) is 0. The van der Waals surface area contributed by atoms with Crippen molar-refractivity contribution in [3.63, 3.8) is 0 Å². The average Bonchev–Trinajstić information content (AvgIpc) is 3.90. The van der Waals surface area contributed by atoms with E-state index < -0.39 is 0 Å². The van der Waals surface area contributed by atoms with Crippen molar-refractivity contribution in [2.75, 3.05) is 45.9 Å². The molecule has 0 spiro atoms. The van der Waals surface area contributed by atoms with Crippen molar-refractivity contribution in [1.82, 2.24) is 9.80 Å². The predicted molar refractivity (Wildman–Crippen MR) is 331 cm³/mol. The van der Waals surface area contributed by atoms with E-state index in [9.17, 15) is 9.59 Å². The van der Waals surface area contributed by atoms with E-state index in [0.29, 0.717) is 24.2 Å². The minimum absolute atomic E-state index is 0.0156. The lowest BCUT2D eigenvalue weighted by atomic mass is 9.47. The molecule has 454 valence electrons. The summed E-state index contributed by atoms with van der Waals surface area (Å²) >= 11 is 0. The molecule has 0 bridgehead atoms. The lowest BCUT2D eigenvalue weighted by Gasteiger charge is -2.58. The van der Waals surface area contributed by atoms with Crippen LogP contribution in [0.15, 0.2) is 11.6 Å². The van der Waals surface area contributed by atoms with Crippen molar-refractivity contribution in [3.8, 4) is 0 Å². The van der Waals surface area contributed by atoms with Gasteiger partial charge in [-0.1, -0.05) is 195 Å². The van der Waals surface area contributed by atoms with Gasteiger partial charge in [-0.15, -0.1) is 0 Å². The number of carbonyl (C=O) groups excluding carboxylic acids is 2. The summed E-state index contributed by atoms with van der Waals surface area (Å²) in [6, 6.07) is 0. The zero-order chi connectivity index (χ0) is 55.9. The van der Waals surface area contributed by atoms with Crippen molar-refractivity contribution in [1.29, 1.82) is 0 Å². The Morgan fingerprint density at radius 3 is 1.86 bits per heavy atom. The number of piperidine rings is 1. The third-order valence-electron chi connectivity index (χ3n) is 21.8. The minimum atomic E-state index is -0.160. The van der Waals surface area contributed by atoms with E-state index in [4.69, 9.17) is 14.2 Å². The molecule has 7 nitrogen and oxygen atoms in total. The van der Waals surface area contributed by atoms with Gasteiger partial charge in [0.1, 0.15) is 6.10 Å². The summed E-state index contributed by atoms with van der Waals surface area (Å²) in [5.74, 6) is 6.15. The molecule has 7 heteroatoms. The van der Waals surface area contributed by atoms with Crippen LogP contribution in [0.2, 0.25) is 0 Å². The Kier molecular flexibility index (Phi) is 33.2. The topological polar surface area (TPSA) is 68.3 Å². The van der Waals surface area contributed by atoms with Crippen molar-refractivity contribution in [2.24, 2.45) is 52.3 Å². The van der Waals surface area contributed by atoms with Crippen LogP contribution in [0.25, 0.3) is 0 Å². The molecule has 0 aromatic heterocycles. The SMILES string of the molecule is CCCCCCCCCCCOC(CCCCC(=O)N(CCCCCC(=O)OC1CCC2(C)C(=CCC3C2CCC2(C)C(C(C)CCC(CC)C(C)C)CCC32)C1)CCCN1CCCCC1)OCCCCCCCCCCC. The van der Waals surface area contributed by atoms with E-state index in [0.717, 1.165) is 151 Å². The third-order valence-corrected chi connectivity index (χ3v) is 21.8. The first-order valence-electron chi connectivity index (χ1n) is 35.1. The second-order valence-electron chi connectivity index (χ2n) is 27.8. The van der Waals surface area contributed by atoms with Gasteiger partial charge < -0.3 is 24.0 Å². The summed E-state index contributed by atoms with van der Waals surface area (Å²) in [4.78, 5) is 32.1. The molecular weight excluding hydrogens is 961 g/mol. The molecule has 4 aliphatic carbocycles. The number of hydrogen-bond donors (Lipinski definition) is 0. The first-order chi connectivity index (χ1) is 37.9. The van der Waals surface area contributed by atoms with Crippen LogP contribution in [-0.4, -0.2) is 80.0 Å². The van der Waals surface area contributed by atoms with E-state index >= 15 is 0 Å². The van der Waals surface area contributed by atoms with E-state index in [-0.39, 0.29) is 23.8 Å². The third kappa shape index (κ3) is 23.0. The molecule has 1 aliphatic heterocycles. The minimum Gasteiger partial charge on any atom is -0.462 e. The quantitative estimate of drug-likeness (QED) is 0.0262. The Hall–Kier alpha value is -1.44. The monoisotopic (exact) mass is 1090 g/mol. The summed E-state index contributed by atoms with van der Waals surface area (Å²) < 4.78 is 19.1. The molecular formula is C71H130N2O5. The Morgan fingerprint density at radius 2 is 1.23 bits per heavy atom. The van der Waals surface area contributed by atoms with Crippen LogP contribution in [-0.2, 0) is 23.8 Å². The van der Waals surface area contributed by atoms with Gasteiger partial charge >= 0.3 is 5.97 Å². The van der Waals surface area contributed by atoms with Crippen molar-refractivity contribution in [3.05, 3.63) is 11.6 Å². The van der Waals surface area contributed by atoms with Crippen molar-refractivity contribution < 1.29 is 23.8 Å². The van der Waals surface area contributed by atoms with E-state index in [1.807, 2.05) is 0 Å². The highest BCUT2D eigenvalue weighted by Gasteiger charge is 2.59. The lowest BCUT2D eigenvalue weighted by molar-refractivity contribution is -0.151. The van der Waals surface area contributed by atoms with E-state index in [1.165, 1.54) is 186 Å². The Balaban J connectivity index is 1.02. The molecule has 1 amide bonds. The van der Waals surface area contributed by atoms with Crippen molar-refractivity contribution in [2.45, 2.75) is 331 Å². The first-order valence-corrected chi connectivity index (χ1v) is 35.1. The van der Waals surface area contributed by atoms with Gasteiger partial charge in [-0.2, -0.15) is 0 Å². The zero-order valence-corrected chi connectivity index (χ0v) is 53.2. The number of likely N-dealkylation sites (tertiary alicyclic amines) is 1. The maximum absolute atomic E-state index is 13.9. The van der Waals surface area contributed by atoms with Crippen LogP contribution >= 0.6 is 0 Å². The van der Waals surface area contributed by atoms with Crippen LogP contribution in [0.1, 0.15) is 319 Å². The highest BCUT2D eigenvalue weighted by atomic mass is 16.7. The summed E-state index contributed by atoms with van der Waals surface area (Å²) in [6.45, 7) is 26.4. The van der Waals surface area contributed by atoms with Crippen LogP contribution in [0.5, 0.6) is 0 Å². The molecule has 1 saturated heterocycles. The molecule has 5 aliphatic rings. The Bertz CT molecular complexity index is 1590. The fourth-order valence-corrected chi connectivity index (χ4v) is 16.6. The largest absolute Gasteiger partial charge is 0.462 e. The van der Waals surface area contributed by atoms with E-state index in [1.54, 1.807) is 5.57 Å². The Morgan fingerprint density at radius 1 is 0.628 bits per heavy atom. The van der Waals surface area contributed by atoms with Gasteiger partial charge in [-0.05, 0) is 187 Å². The Labute approximate surface area is 484 Å². The molecule has 0 radical (unpaired) electrons. The van der Waals surface area contributed by atoms with Gasteiger partial charge in [-0.25, -0.2) is 0 Å². The second-order valence-corrected chi connectivity index (χ2v) is 27.8. The number of allylic oxidation sites excluding steroid dienone is 1. The molecule has 0 aromatic carbocycles. The maximum atomic E-state index is 13.9. The summed E-state index contributed by atoms with van der Waals surface area (Å²) in [5.41, 5.74) is 2.38. The van der Waals surface area contributed by atoms with Gasteiger partial charge in [0.05, 0.1) is 0 Å². The van der Waals surface area contributed by atoms with Crippen molar-refractivity contribution >= 4 is 11.9 Å². The molecule has 0 aromatic rings. The number of fused-ring (bicyclic) bond motifs is 5. The average molecular weight is 1090 g/mol. The number of nitrogens with zero attached hydrogens (tertiary/aromatic N) is 2. The van der Waals surface area contributed by atoms with Crippen LogP contribution in [0.4, 0.5) is 0 Å². The zero-order valence-electron chi connectivity index (χ0n) is 53.2. The highest BCUT2D eigenvalue weighted by molar-refractivity contribution is 5.76. The lowest BCUT2D eigenvalue weighted by Crippen LogP contribution is -2.51. The van der Waals surface area contributed by atoms with Crippen LogP contribution < -0.4 is 0 Å². The van der Waals surface area contributed by atoms with E-state index in [2.05, 4.69) is 71.3 Å². The van der Waals surface area contributed by atoms with Crippen LogP contribution in [0, 0.1) is 52.3 Å². The molecule has 5 rings (SSSR count).